The molecule has 5 rings (SSSR count). The van der Waals surface area contributed by atoms with E-state index in [2.05, 4.69) is 9.88 Å². The van der Waals surface area contributed by atoms with Gasteiger partial charge < -0.3 is 14.5 Å². The number of amides is 2. The molecule has 1 aromatic carbocycles. The fourth-order valence-corrected chi connectivity index (χ4v) is 5.50. The van der Waals surface area contributed by atoms with Crippen molar-refractivity contribution in [2.45, 2.75) is 12.8 Å². The number of nitrogens with zero attached hydrogens (tertiary/aromatic N) is 4. The molecule has 3 aliphatic heterocycles. The van der Waals surface area contributed by atoms with E-state index in [0.717, 1.165) is 69.0 Å². The summed E-state index contributed by atoms with van der Waals surface area (Å²) in [5, 5.41) is 0. The molecule has 2 amide bonds. The van der Waals surface area contributed by atoms with Gasteiger partial charge in [0.15, 0.2) is 0 Å². The zero-order chi connectivity index (χ0) is 19.8. The fraction of sp³-hybridized carbons (Fsp3) is 0.571. The van der Waals surface area contributed by atoms with Crippen molar-refractivity contribution >= 4 is 33.4 Å². The number of carbonyl (C=O) groups is 2. The molecule has 0 radical (unpaired) electrons. The number of rotatable bonds is 4. The highest BCUT2D eigenvalue weighted by Gasteiger charge is 2.51. The highest BCUT2D eigenvalue weighted by atomic mass is 32.1. The minimum absolute atomic E-state index is 0.0248. The summed E-state index contributed by atoms with van der Waals surface area (Å²) in [5.74, 6) is 0.260. The predicted octanol–water partition coefficient (Wildman–Crippen LogP) is 1.69. The summed E-state index contributed by atoms with van der Waals surface area (Å²) in [4.78, 5) is 36.7. The monoisotopic (exact) mass is 414 g/mol. The lowest BCUT2D eigenvalue weighted by atomic mass is 9.85. The SMILES string of the molecule is O=C(c1ccc2ncsc2c1)N1CCC2(CCN(CCN3CCOCC3)C2=O)C1. The maximum absolute atomic E-state index is 13.2. The van der Waals surface area contributed by atoms with Gasteiger partial charge in [-0.3, -0.25) is 14.5 Å². The van der Waals surface area contributed by atoms with Crippen molar-refractivity contribution in [3.05, 3.63) is 29.3 Å². The number of fused-ring (bicyclic) bond motifs is 1. The third-order valence-corrected chi connectivity index (χ3v) is 7.40. The maximum Gasteiger partial charge on any atom is 0.253 e. The van der Waals surface area contributed by atoms with Gasteiger partial charge in [0, 0.05) is 51.4 Å². The lowest BCUT2D eigenvalue weighted by Gasteiger charge is -2.29. The number of hydrogen-bond acceptors (Lipinski definition) is 6. The number of thiazole rings is 1. The fourth-order valence-electron chi connectivity index (χ4n) is 4.79. The van der Waals surface area contributed by atoms with Gasteiger partial charge in [-0.2, -0.15) is 0 Å². The molecule has 1 spiro atoms. The lowest BCUT2D eigenvalue weighted by Crippen LogP contribution is -2.43. The molecule has 1 atom stereocenters. The Balaban J connectivity index is 1.22. The van der Waals surface area contributed by atoms with Crippen molar-refractivity contribution in [3.8, 4) is 0 Å². The molecule has 3 fully saturated rings. The quantitative estimate of drug-likeness (QED) is 0.762. The summed E-state index contributed by atoms with van der Waals surface area (Å²) < 4.78 is 6.42. The molecule has 2 aromatic rings. The van der Waals surface area contributed by atoms with E-state index in [1.165, 1.54) is 0 Å². The largest absolute Gasteiger partial charge is 0.379 e. The van der Waals surface area contributed by atoms with Crippen LogP contribution in [0.1, 0.15) is 23.2 Å². The van der Waals surface area contributed by atoms with Crippen LogP contribution in [0.2, 0.25) is 0 Å². The molecule has 3 saturated heterocycles. The molecular weight excluding hydrogens is 388 g/mol. The average Bonchev–Trinajstić information content (AvgIpc) is 3.47. The third-order valence-electron chi connectivity index (χ3n) is 6.61. The predicted molar refractivity (Wildman–Crippen MR) is 111 cm³/mol. The summed E-state index contributed by atoms with van der Waals surface area (Å²) in [6.45, 7) is 7.13. The van der Waals surface area contributed by atoms with Gasteiger partial charge in [-0.15, -0.1) is 11.3 Å². The number of aromatic nitrogens is 1. The Morgan fingerprint density at radius 3 is 2.83 bits per heavy atom. The van der Waals surface area contributed by atoms with E-state index in [0.29, 0.717) is 18.7 Å². The molecule has 4 heterocycles. The first-order valence-corrected chi connectivity index (χ1v) is 11.2. The number of carbonyl (C=O) groups excluding carboxylic acids is 2. The first-order chi connectivity index (χ1) is 14.1. The number of morpholine rings is 1. The van der Waals surface area contributed by atoms with Crippen LogP contribution < -0.4 is 0 Å². The van der Waals surface area contributed by atoms with Crippen molar-refractivity contribution in [1.82, 2.24) is 19.7 Å². The van der Waals surface area contributed by atoms with Crippen molar-refractivity contribution in [2.75, 3.05) is 59.0 Å². The Labute approximate surface area is 174 Å². The molecular formula is C21H26N4O3S. The van der Waals surface area contributed by atoms with E-state index in [-0.39, 0.29) is 17.2 Å². The minimum atomic E-state index is -0.380. The lowest BCUT2D eigenvalue weighted by molar-refractivity contribution is -0.135. The molecule has 0 N–H and O–H groups in total. The van der Waals surface area contributed by atoms with Gasteiger partial charge in [0.2, 0.25) is 5.91 Å². The van der Waals surface area contributed by atoms with Crippen molar-refractivity contribution < 1.29 is 14.3 Å². The van der Waals surface area contributed by atoms with Crippen LogP contribution in [-0.4, -0.2) is 90.5 Å². The van der Waals surface area contributed by atoms with Crippen LogP contribution >= 0.6 is 11.3 Å². The van der Waals surface area contributed by atoms with Crippen LogP contribution in [0.4, 0.5) is 0 Å². The van der Waals surface area contributed by atoms with Gasteiger partial charge in [0.1, 0.15) is 0 Å². The number of likely N-dealkylation sites (tertiary alicyclic amines) is 2. The second-order valence-corrected chi connectivity index (χ2v) is 9.17. The average molecular weight is 415 g/mol. The Kier molecular flexibility index (Phi) is 5.01. The molecule has 8 heteroatoms. The van der Waals surface area contributed by atoms with Crippen LogP contribution in [-0.2, 0) is 9.53 Å². The van der Waals surface area contributed by atoms with Gasteiger partial charge in [-0.1, -0.05) is 0 Å². The van der Waals surface area contributed by atoms with Gasteiger partial charge in [0.05, 0.1) is 34.4 Å². The zero-order valence-electron chi connectivity index (χ0n) is 16.5. The van der Waals surface area contributed by atoms with Crippen LogP contribution in [0.15, 0.2) is 23.7 Å². The Hall–Kier alpha value is -2.03. The summed E-state index contributed by atoms with van der Waals surface area (Å²) in [5.41, 5.74) is 3.03. The van der Waals surface area contributed by atoms with E-state index < -0.39 is 0 Å². The van der Waals surface area contributed by atoms with E-state index in [4.69, 9.17) is 4.74 Å². The molecule has 0 aliphatic carbocycles. The van der Waals surface area contributed by atoms with Gasteiger partial charge >= 0.3 is 0 Å². The third kappa shape index (κ3) is 3.53. The van der Waals surface area contributed by atoms with E-state index in [1.807, 2.05) is 28.0 Å². The van der Waals surface area contributed by atoms with Gasteiger partial charge in [-0.25, -0.2) is 4.98 Å². The molecule has 0 bridgehead atoms. The molecule has 0 saturated carbocycles. The summed E-state index contributed by atoms with van der Waals surface area (Å²) in [6.07, 6.45) is 1.63. The first kappa shape index (κ1) is 19.0. The number of hydrogen-bond donors (Lipinski definition) is 0. The Morgan fingerprint density at radius 1 is 1.14 bits per heavy atom. The normalized spacial score (nSPS) is 25.6. The second kappa shape index (κ2) is 7.66. The number of ether oxygens (including phenoxy) is 1. The minimum Gasteiger partial charge on any atom is -0.379 e. The first-order valence-electron chi connectivity index (χ1n) is 10.4. The molecule has 29 heavy (non-hydrogen) atoms. The van der Waals surface area contributed by atoms with Crippen LogP contribution in [0.5, 0.6) is 0 Å². The highest BCUT2D eigenvalue weighted by Crippen LogP contribution is 2.41. The van der Waals surface area contributed by atoms with Crippen molar-refractivity contribution in [2.24, 2.45) is 5.41 Å². The molecule has 154 valence electrons. The Bertz CT molecular complexity index is 926. The molecule has 3 aliphatic rings. The van der Waals surface area contributed by atoms with Crippen LogP contribution in [0, 0.1) is 5.41 Å². The molecule has 7 nitrogen and oxygen atoms in total. The maximum atomic E-state index is 13.2. The number of benzene rings is 1. The van der Waals surface area contributed by atoms with E-state index in [1.54, 1.807) is 16.8 Å². The zero-order valence-corrected chi connectivity index (χ0v) is 17.3. The topological polar surface area (TPSA) is 66.0 Å². The molecule has 1 aromatic heterocycles. The second-order valence-electron chi connectivity index (χ2n) is 8.29. The van der Waals surface area contributed by atoms with Crippen molar-refractivity contribution in [1.29, 1.82) is 0 Å². The van der Waals surface area contributed by atoms with Crippen molar-refractivity contribution in [3.63, 3.8) is 0 Å². The van der Waals surface area contributed by atoms with Crippen LogP contribution in [0.25, 0.3) is 10.2 Å². The van der Waals surface area contributed by atoms with Crippen LogP contribution in [0.3, 0.4) is 0 Å². The summed E-state index contributed by atoms with van der Waals surface area (Å²) in [7, 11) is 0. The molecule has 1 unspecified atom stereocenters. The smallest absolute Gasteiger partial charge is 0.253 e. The Morgan fingerprint density at radius 2 is 1.97 bits per heavy atom. The van der Waals surface area contributed by atoms with Gasteiger partial charge in [0.25, 0.3) is 5.91 Å². The summed E-state index contributed by atoms with van der Waals surface area (Å²) >= 11 is 1.54. The van der Waals surface area contributed by atoms with Gasteiger partial charge in [-0.05, 0) is 31.0 Å². The van der Waals surface area contributed by atoms with E-state index in [9.17, 15) is 9.59 Å². The highest BCUT2D eigenvalue weighted by molar-refractivity contribution is 7.16. The van der Waals surface area contributed by atoms with E-state index >= 15 is 0 Å². The standard InChI is InChI=1S/C21H26N4O3S/c26-19(16-1-2-17-18(13-16)29-15-22-17)25-6-4-21(14-25)3-5-24(20(21)27)8-7-23-9-11-28-12-10-23/h1-2,13,15H,3-12,14H2. The summed E-state index contributed by atoms with van der Waals surface area (Å²) in [6, 6.07) is 5.67.